The lowest BCUT2D eigenvalue weighted by molar-refractivity contribution is -0.121. The van der Waals surface area contributed by atoms with Crippen molar-refractivity contribution < 1.29 is 13.9 Å². The summed E-state index contributed by atoms with van der Waals surface area (Å²) in [6, 6.07) is 16.4. The summed E-state index contributed by atoms with van der Waals surface area (Å²) in [5.41, 5.74) is 4.45. The van der Waals surface area contributed by atoms with Crippen LogP contribution in [0.15, 0.2) is 59.1 Å². The topological polar surface area (TPSA) is 96.3 Å². The number of para-hydroxylation sites is 1. The van der Waals surface area contributed by atoms with Crippen LogP contribution in [-0.4, -0.2) is 47.4 Å². The van der Waals surface area contributed by atoms with Gasteiger partial charge in [0.2, 0.25) is 17.7 Å². The van der Waals surface area contributed by atoms with Gasteiger partial charge in [0.25, 0.3) is 0 Å². The molecule has 1 fully saturated rings. The summed E-state index contributed by atoms with van der Waals surface area (Å²) in [5.74, 6) is 0.994. The molecule has 1 aliphatic rings. The zero-order valence-corrected chi connectivity index (χ0v) is 18.4. The minimum Gasteiger partial charge on any atom is -0.425 e. The Labute approximate surface area is 192 Å². The SMILES string of the molecule is O=C(CCc1nnc(Cc2c[nH]c3ccccc23)o1)NCc1ccc(N2CCOCC2)cc1. The number of nitrogens with zero attached hydrogens (tertiary/aromatic N) is 3. The molecule has 1 saturated heterocycles. The predicted molar refractivity (Wildman–Crippen MR) is 125 cm³/mol. The highest BCUT2D eigenvalue weighted by Crippen LogP contribution is 2.20. The van der Waals surface area contributed by atoms with Crippen molar-refractivity contribution in [1.29, 1.82) is 0 Å². The van der Waals surface area contributed by atoms with E-state index in [1.54, 1.807) is 0 Å². The van der Waals surface area contributed by atoms with Crippen LogP contribution < -0.4 is 10.2 Å². The Morgan fingerprint density at radius 2 is 1.82 bits per heavy atom. The summed E-state index contributed by atoms with van der Waals surface area (Å²) >= 11 is 0. The average Bonchev–Trinajstić information content (AvgIpc) is 3.49. The number of benzene rings is 2. The van der Waals surface area contributed by atoms with E-state index >= 15 is 0 Å². The first-order chi connectivity index (χ1) is 16.2. The Bertz CT molecular complexity index is 1210. The smallest absolute Gasteiger partial charge is 0.221 e. The van der Waals surface area contributed by atoms with Gasteiger partial charge in [0, 0.05) is 55.3 Å². The predicted octanol–water partition coefficient (Wildman–Crippen LogP) is 3.23. The van der Waals surface area contributed by atoms with Gasteiger partial charge in [-0.15, -0.1) is 10.2 Å². The fraction of sp³-hybridized carbons (Fsp3) is 0.320. The van der Waals surface area contributed by atoms with Crippen LogP contribution in [0, 0.1) is 0 Å². The molecule has 2 N–H and O–H groups in total. The Morgan fingerprint density at radius 1 is 1.03 bits per heavy atom. The van der Waals surface area contributed by atoms with Crippen molar-refractivity contribution >= 4 is 22.5 Å². The number of aromatic nitrogens is 3. The normalized spacial score (nSPS) is 14.0. The number of fused-ring (bicyclic) bond motifs is 1. The molecule has 0 unspecified atom stereocenters. The van der Waals surface area contributed by atoms with Crippen molar-refractivity contribution in [2.75, 3.05) is 31.2 Å². The zero-order valence-electron chi connectivity index (χ0n) is 18.4. The van der Waals surface area contributed by atoms with E-state index in [1.165, 1.54) is 5.69 Å². The van der Waals surface area contributed by atoms with E-state index in [9.17, 15) is 4.79 Å². The molecule has 5 rings (SSSR count). The Hall–Kier alpha value is -3.65. The maximum absolute atomic E-state index is 12.3. The number of morpholine rings is 1. The first-order valence-corrected chi connectivity index (χ1v) is 11.3. The molecule has 8 heteroatoms. The number of rotatable bonds is 8. The van der Waals surface area contributed by atoms with E-state index in [0.29, 0.717) is 37.6 Å². The summed E-state index contributed by atoms with van der Waals surface area (Å²) in [7, 11) is 0. The number of nitrogens with one attached hydrogen (secondary N) is 2. The zero-order chi connectivity index (χ0) is 22.5. The fourth-order valence-electron chi connectivity index (χ4n) is 4.06. The molecule has 0 saturated carbocycles. The van der Waals surface area contributed by atoms with Crippen molar-refractivity contribution in [2.45, 2.75) is 25.8 Å². The third-order valence-electron chi connectivity index (χ3n) is 5.89. The minimum atomic E-state index is -0.0383. The van der Waals surface area contributed by atoms with Crippen LogP contribution in [0.4, 0.5) is 5.69 Å². The van der Waals surface area contributed by atoms with Crippen molar-refractivity contribution in [2.24, 2.45) is 0 Å². The van der Waals surface area contributed by atoms with Crippen LogP contribution in [0.2, 0.25) is 0 Å². The van der Waals surface area contributed by atoms with Gasteiger partial charge in [-0.05, 0) is 29.3 Å². The number of anilines is 1. The lowest BCUT2D eigenvalue weighted by atomic mass is 10.1. The van der Waals surface area contributed by atoms with Gasteiger partial charge in [-0.2, -0.15) is 0 Å². The highest BCUT2D eigenvalue weighted by molar-refractivity contribution is 5.83. The van der Waals surface area contributed by atoms with E-state index in [-0.39, 0.29) is 5.91 Å². The largest absolute Gasteiger partial charge is 0.425 e. The number of ether oxygens (including phenoxy) is 1. The third-order valence-corrected chi connectivity index (χ3v) is 5.89. The summed E-state index contributed by atoms with van der Waals surface area (Å²) < 4.78 is 11.2. The monoisotopic (exact) mass is 445 g/mol. The number of hydrogen-bond donors (Lipinski definition) is 2. The van der Waals surface area contributed by atoms with Crippen molar-refractivity contribution in [3.05, 3.63) is 77.6 Å². The molecule has 0 atom stereocenters. The summed E-state index contributed by atoms with van der Waals surface area (Å²) in [4.78, 5) is 17.8. The minimum absolute atomic E-state index is 0.0383. The number of hydrogen-bond acceptors (Lipinski definition) is 6. The molecule has 3 heterocycles. The Morgan fingerprint density at radius 3 is 2.67 bits per heavy atom. The number of carbonyl (C=O) groups is 1. The lowest BCUT2D eigenvalue weighted by Gasteiger charge is -2.28. The molecule has 8 nitrogen and oxygen atoms in total. The van der Waals surface area contributed by atoms with E-state index < -0.39 is 0 Å². The molecule has 0 spiro atoms. The van der Waals surface area contributed by atoms with Gasteiger partial charge in [0.05, 0.1) is 19.6 Å². The van der Waals surface area contributed by atoms with E-state index in [2.05, 4.69) is 55.7 Å². The lowest BCUT2D eigenvalue weighted by Crippen LogP contribution is -2.36. The van der Waals surface area contributed by atoms with Crippen molar-refractivity contribution in [1.82, 2.24) is 20.5 Å². The standard InChI is InChI=1S/C25H27N5O3/c31-23(27-16-18-5-7-20(8-6-18)30-11-13-32-14-12-30)9-10-24-28-29-25(33-24)15-19-17-26-22-4-2-1-3-21(19)22/h1-8,17,26H,9-16H2,(H,27,31). The summed E-state index contributed by atoms with van der Waals surface area (Å²) in [5, 5.41) is 12.4. The molecule has 33 heavy (non-hydrogen) atoms. The molecule has 1 amide bonds. The molecule has 1 aliphatic heterocycles. The molecule has 0 aliphatic carbocycles. The fourth-order valence-corrected chi connectivity index (χ4v) is 4.06. The highest BCUT2D eigenvalue weighted by Gasteiger charge is 2.13. The number of aryl methyl sites for hydroxylation is 1. The molecule has 170 valence electrons. The molecule has 2 aromatic heterocycles. The van der Waals surface area contributed by atoms with Gasteiger partial charge in [0.15, 0.2) is 0 Å². The van der Waals surface area contributed by atoms with Gasteiger partial charge in [-0.3, -0.25) is 4.79 Å². The second kappa shape index (κ2) is 9.87. The van der Waals surface area contributed by atoms with Gasteiger partial charge >= 0.3 is 0 Å². The van der Waals surface area contributed by atoms with E-state index in [0.717, 1.165) is 48.3 Å². The average molecular weight is 446 g/mol. The van der Waals surface area contributed by atoms with Crippen LogP contribution in [0.1, 0.15) is 29.3 Å². The van der Waals surface area contributed by atoms with Gasteiger partial charge in [-0.1, -0.05) is 30.3 Å². The number of aromatic amines is 1. The van der Waals surface area contributed by atoms with Crippen LogP contribution >= 0.6 is 0 Å². The Balaban J connectivity index is 1.08. The summed E-state index contributed by atoms with van der Waals surface area (Å²) in [6.45, 7) is 3.85. The van der Waals surface area contributed by atoms with E-state index in [4.69, 9.17) is 9.15 Å². The molecular formula is C25H27N5O3. The second-order valence-electron chi connectivity index (χ2n) is 8.17. The van der Waals surface area contributed by atoms with Gasteiger partial charge < -0.3 is 24.4 Å². The molecule has 2 aromatic carbocycles. The highest BCUT2D eigenvalue weighted by atomic mass is 16.5. The molecule has 0 radical (unpaired) electrons. The van der Waals surface area contributed by atoms with Crippen LogP contribution in [-0.2, 0) is 28.9 Å². The van der Waals surface area contributed by atoms with Crippen molar-refractivity contribution in [3.63, 3.8) is 0 Å². The third kappa shape index (κ3) is 5.23. The first-order valence-electron chi connectivity index (χ1n) is 11.3. The second-order valence-corrected chi connectivity index (χ2v) is 8.17. The maximum Gasteiger partial charge on any atom is 0.221 e. The number of carbonyl (C=O) groups excluding carboxylic acids is 1. The maximum atomic E-state index is 12.3. The van der Waals surface area contributed by atoms with Crippen LogP contribution in [0.5, 0.6) is 0 Å². The van der Waals surface area contributed by atoms with Crippen molar-refractivity contribution in [3.8, 4) is 0 Å². The van der Waals surface area contributed by atoms with Crippen LogP contribution in [0.3, 0.4) is 0 Å². The quantitative estimate of drug-likeness (QED) is 0.432. The van der Waals surface area contributed by atoms with Gasteiger partial charge in [-0.25, -0.2) is 0 Å². The Kier molecular flexibility index (Phi) is 6.34. The number of H-pyrrole nitrogens is 1. The number of amides is 1. The van der Waals surface area contributed by atoms with Gasteiger partial charge in [0.1, 0.15) is 0 Å². The summed E-state index contributed by atoms with van der Waals surface area (Å²) in [6.07, 6.45) is 3.25. The van der Waals surface area contributed by atoms with E-state index in [1.807, 2.05) is 24.4 Å². The first kappa shape index (κ1) is 21.2. The van der Waals surface area contributed by atoms with Crippen LogP contribution in [0.25, 0.3) is 10.9 Å². The molecular weight excluding hydrogens is 418 g/mol. The molecule has 0 bridgehead atoms. The molecule has 4 aromatic rings.